The van der Waals surface area contributed by atoms with Crippen molar-refractivity contribution in [1.29, 1.82) is 0 Å². The fraction of sp³-hybridized carbons (Fsp3) is 0.0952. The Labute approximate surface area is 146 Å². The van der Waals surface area contributed by atoms with Crippen molar-refractivity contribution >= 4 is 17.7 Å². The third-order valence-electron chi connectivity index (χ3n) is 3.92. The Kier molecular flexibility index (Phi) is 4.34. The van der Waals surface area contributed by atoms with E-state index in [1.165, 1.54) is 10.5 Å². The Hall–Kier alpha value is -2.52. The molecule has 1 aliphatic heterocycles. The normalized spacial score (nSPS) is 16.5. The highest BCUT2D eigenvalue weighted by Crippen LogP contribution is 2.33. The van der Waals surface area contributed by atoms with Crippen LogP contribution in [0.3, 0.4) is 0 Å². The molecule has 0 unspecified atom stereocenters. The lowest BCUT2D eigenvalue weighted by Gasteiger charge is -2.08. The monoisotopic (exact) mass is 331 g/mol. The number of aliphatic imine (C=N–C) groups is 1. The zero-order valence-corrected chi connectivity index (χ0v) is 13.9. The Morgan fingerprint density at radius 1 is 0.792 bits per heavy atom. The molecule has 0 aliphatic carbocycles. The van der Waals surface area contributed by atoms with Crippen LogP contribution >= 0.6 is 11.8 Å². The van der Waals surface area contributed by atoms with E-state index in [1.54, 1.807) is 11.8 Å². The van der Waals surface area contributed by atoms with Crippen LogP contribution in [0.5, 0.6) is 0 Å². The number of hydrogen-bond acceptors (Lipinski definition) is 3. The Bertz CT molecular complexity index is 846. The van der Waals surface area contributed by atoms with Gasteiger partial charge in [-0.3, -0.25) is 0 Å². The summed E-state index contributed by atoms with van der Waals surface area (Å²) in [5.41, 5.74) is 2.26. The molecule has 118 valence electrons. The van der Waals surface area contributed by atoms with Crippen LogP contribution in [0, 0.1) is 0 Å². The number of rotatable bonds is 4. The molecule has 3 aromatic rings. The van der Waals surface area contributed by atoms with Gasteiger partial charge in [-0.2, -0.15) is 0 Å². The smallest absolute Gasteiger partial charge is 0.218 e. The maximum absolute atomic E-state index is 5.92. The summed E-state index contributed by atoms with van der Waals surface area (Å²) in [7, 11) is 0. The van der Waals surface area contributed by atoms with E-state index in [0.29, 0.717) is 6.61 Å². The average molecular weight is 331 g/mol. The highest BCUT2D eigenvalue weighted by molar-refractivity contribution is 7.99. The third-order valence-corrected chi connectivity index (χ3v) is 5.01. The van der Waals surface area contributed by atoms with Gasteiger partial charge in [-0.15, -0.1) is 0 Å². The standard InChI is InChI=1S/C21H17NOS/c1-3-9-16(10-4-1)19-15-23-21(22-19)18-13-7-8-14-20(18)24-17-11-5-2-6-12-17/h1-14,19H,15H2/t19-/m0/s1. The quantitative estimate of drug-likeness (QED) is 0.642. The zero-order chi connectivity index (χ0) is 16.2. The second kappa shape index (κ2) is 6.93. The first kappa shape index (κ1) is 15.0. The molecule has 0 N–H and O–H groups in total. The topological polar surface area (TPSA) is 21.6 Å². The highest BCUT2D eigenvalue weighted by atomic mass is 32.2. The van der Waals surface area contributed by atoms with E-state index in [2.05, 4.69) is 54.6 Å². The largest absolute Gasteiger partial charge is 0.475 e. The van der Waals surface area contributed by atoms with Gasteiger partial charge in [0.2, 0.25) is 5.90 Å². The van der Waals surface area contributed by atoms with E-state index >= 15 is 0 Å². The van der Waals surface area contributed by atoms with Crippen molar-refractivity contribution in [3.8, 4) is 0 Å². The fourth-order valence-corrected chi connectivity index (χ4v) is 3.67. The predicted octanol–water partition coefficient (Wildman–Crippen LogP) is 5.36. The number of ether oxygens (including phenoxy) is 1. The summed E-state index contributed by atoms with van der Waals surface area (Å²) in [6.45, 7) is 0.601. The fourth-order valence-electron chi connectivity index (χ4n) is 2.72. The second-order valence-electron chi connectivity index (χ2n) is 5.58. The summed E-state index contributed by atoms with van der Waals surface area (Å²) < 4.78 is 5.92. The van der Waals surface area contributed by atoms with Crippen molar-refractivity contribution in [3.05, 3.63) is 96.1 Å². The predicted molar refractivity (Wildman–Crippen MR) is 98.7 cm³/mol. The molecule has 24 heavy (non-hydrogen) atoms. The molecule has 0 spiro atoms. The molecule has 2 nitrogen and oxygen atoms in total. The SMILES string of the molecule is c1ccc(Sc2ccccc2C2=N[C@H](c3ccccc3)CO2)cc1. The van der Waals surface area contributed by atoms with Gasteiger partial charge in [-0.1, -0.05) is 72.4 Å². The number of benzene rings is 3. The van der Waals surface area contributed by atoms with Gasteiger partial charge in [0.1, 0.15) is 12.6 Å². The minimum absolute atomic E-state index is 0.0796. The molecule has 0 radical (unpaired) electrons. The second-order valence-corrected chi connectivity index (χ2v) is 6.70. The lowest BCUT2D eigenvalue weighted by atomic mass is 10.1. The molecule has 0 amide bonds. The summed E-state index contributed by atoms with van der Waals surface area (Å²) in [6.07, 6.45) is 0. The van der Waals surface area contributed by atoms with E-state index in [9.17, 15) is 0 Å². The first-order valence-corrected chi connectivity index (χ1v) is 8.79. The molecule has 3 aromatic carbocycles. The van der Waals surface area contributed by atoms with Crippen molar-refractivity contribution in [2.75, 3.05) is 6.61 Å². The molecular weight excluding hydrogens is 314 g/mol. The van der Waals surface area contributed by atoms with Gasteiger partial charge >= 0.3 is 0 Å². The van der Waals surface area contributed by atoms with E-state index < -0.39 is 0 Å². The van der Waals surface area contributed by atoms with Gasteiger partial charge in [-0.25, -0.2) is 4.99 Å². The molecule has 3 heteroatoms. The van der Waals surface area contributed by atoms with E-state index in [0.717, 1.165) is 16.4 Å². The molecule has 0 bridgehead atoms. The van der Waals surface area contributed by atoms with E-state index in [4.69, 9.17) is 9.73 Å². The minimum atomic E-state index is 0.0796. The van der Waals surface area contributed by atoms with Crippen LogP contribution < -0.4 is 0 Å². The molecular formula is C21H17NOS. The highest BCUT2D eigenvalue weighted by Gasteiger charge is 2.23. The summed E-state index contributed by atoms with van der Waals surface area (Å²) in [4.78, 5) is 7.19. The first-order valence-electron chi connectivity index (χ1n) is 7.98. The molecule has 1 atom stereocenters. The van der Waals surface area contributed by atoms with Gasteiger partial charge in [0.25, 0.3) is 0 Å². The Morgan fingerprint density at radius 3 is 2.25 bits per heavy atom. The van der Waals surface area contributed by atoms with Crippen LogP contribution in [0.4, 0.5) is 0 Å². The van der Waals surface area contributed by atoms with E-state index in [1.807, 2.05) is 30.3 Å². The maximum atomic E-state index is 5.92. The molecule has 0 aromatic heterocycles. The van der Waals surface area contributed by atoms with Gasteiger partial charge in [0.15, 0.2) is 0 Å². The molecule has 0 saturated heterocycles. The van der Waals surface area contributed by atoms with E-state index in [-0.39, 0.29) is 6.04 Å². The summed E-state index contributed by atoms with van der Waals surface area (Å²) in [5, 5.41) is 0. The van der Waals surface area contributed by atoms with Gasteiger partial charge in [0.05, 0.1) is 5.56 Å². The van der Waals surface area contributed by atoms with Crippen LogP contribution in [0.25, 0.3) is 0 Å². The maximum Gasteiger partial charge on any atom is 0.218 e. The minimum Gasteiger partial charge on any atom is -0.475 e. The number of hydrogen-bond donors (Lipinski definition) is 0. The Morgan fingerprint density at radius 2 is 1.46 bits per heavy atom. The Balaban J connectivity index is 1.63. The lowest BCUT2D eigenvalue weighted by molar-refractivity contribution is 0.319. The van der Waals surface area contributed by atoms with Crippen molar-refractivity contribution in [2.45, 2.75) is 15.8 Å². The summed E-state index contributed by atoms with van der Waals surface area (Å²) in [5.74, 6) is 0.739. The zero-order valence-electron chi connectivity index (χ0n) is 13.1. The van der Waals surface area contributed by atoms with Crippen molar-refractivity contribution in [1.82, 2.24) is 0 Å². The van der Waals surface area contributed by atoms with Crippen LogP contribution in [0.2, 0.25) is 0 Å². The molecule has 4 rings (SSSR count). The summed E-state index contributed by atoms with van der Waals surface area (Å²) >= 11 is 1.74. The molecule has 0 saturated carbocycles. The van der Waals surface area contributed by atoms with Crippen molar-refractivity contribution in [3.63, 3.8) is 0 Å². The molecule has 0 fully saturated rings. The van der Waals surface area contributed by atoms with Gasteiger partial charge in [-0.05, 0) is 29.8 Å². The summed E-state index contributed by atoms with van der Waals surface area (Å²) in [6, 6.07) is 29.1. The average Bonchev–Trinajstić information content (AvgIpc) is 3.14. The van der Waals surface area contributed by atoms with Crippen LogP contribution in [-0.4, -0.2) is 12.5 Å². The number of nitrogens with zero attached hydrogens (tertiary/aromatic N) is 1. The van der Waals surface area contributed by atoms with Crippen LogP contribution in [0.15, 0.2) is 99.7 Å². The van der Waals surface area contributed by atoms with Gasteiger partial charge in [0, 0.05) is 9.79 Å². The molecule has 1 heterocycles. The lowest BCUT2D eigenvalue weighted by Crippen LogP contribution is -2.02. The van der Waals surface area contributed by atoms with Crippen LogP contribution in [-0.2, 0) is 4.74 Å². The molecule has 1 aliphatic rings. The van der Waals surface area contributed by atoms with Crippen LogP contribution in [0.1, 0.15) is 17.2 Å². The van der Waals surface area contributed by atoms with Crippen molar-refractivity contribution in [2.24, 2.45) is 4.99 Å². The third kappa shape index (κ3) is 3.22. The van der Waals surface area contributed by atoms with Crippen molar-refractivity contribution < 1.29 is 4.74 Å². The van der Waals surface area contributed by atoms with Gasteiger partial charge < -0.3 is 4.74 Å². The first-order chi connectivity index (χ1) is 11.9.